The molecule has 6 aromatic rings. The number of benzene rings is 4. The molecule has 12 heteroatoms. The normalized spacial score (nSPS) is 20.6. The Morgan fingerprint density at radius 2 is 0.793 bits per heavy atom. The number of amides is 2. The smallest absolute Gasteiger partial charge is 0.289 e. The van der Waals surface area contributed by atoms with Gasteiger partial charge in [-0.1, -0.05) is 107 Å². The number of rotatable bonds is 6. The maximum absolute atomic E-state index is 13.1. The first-order chi connectivity index (χ1) is 28.0. The van der Waals surface area contributed by atoms with Crippen LogP contribution in [0.5, 0.6) is 0 Å². The second-order valence-corrected chi connectivity index (χ2v) is 15.3. The van der Waals surface area contributed by atoms with Gasteiger partial charge in [0.2, 0.25) is 0 Å². The van der Waals surface area contributed by atoms with Crippen molar-refractivity contribution >= 4 is 70.4 Å². The zero-order chi connectivity index (χ0) is 40.8. The van der Waals surface area contributed by atoms with Crippen LogP contribution in [0.15, 0.2) is 158 Å². The average molecular weight is 851 g/mol. The predicted molar refractivity (Wildman–Crippen MR) is 229 cm³/mol. The lowest BCUT2D eigenvalue weighted by molar-refractivity contribution is -0.145. The minimum Gasteiger partial charge on any atom is -0.477 e. The molecule has 8 nitrogen and oxygen atoms in total. The third-order valence-corrected chi connectivity index (χ3v) is 10.8. The van der Waals surface area contributed by atoms with Gasteiger partial charge in [0.05, 0.1) is 12.1 Å². The number of likely N-dealkylation sites (N-methyl/N-ethyl adjacent to an activating group) is 2. The summed E-state index contributed by atoms with van der Waals surface area (Å²) in [7, 11) is 3.56. The molecule has 4 heterocycles. The number of aromatic nitrogens is 2. The molecule has 8 rings (SSSR count). The van der Waals surface area contributed by atoms with Gasteiger partial charge in [-0.3, -0.25) is 19.6 Å². The van der Waals surface area contributed by atoms with Crippen LogP contribution in [-0.2, 0) is 19.1 Å². The largest absolute Gasteiger partial charge is 0.477 e. The van der Waals surface area contributed by atoms with E-state index in [9.17, 15) is 9.59 Å². The number of morpholine rings is 2. The van der Waals surface area contributed by atoms with Crippen LogP contribution in [0.1, 0.15) is 57.7 Å². The number of carbonyl (C=O) groups excluding carboxylic acids is 2. The maximum atomic E-state index is 13.1. The molecule has 2 fully saturated rings. The highest BCUT2D eigenvalue weighted by Gasteiger charge is 2.41. The van der Waals surface area contributed by atoms with Gasteiger partial charge in [0.25, 0.3) is 11.8 Å². The zero-order valence-corrected chi connectivity index (χ0v) is 34.3. The highest BCUT2D eigenvalue weighted by Crippen LogP contribution is 2.44. The Morgan fingerprint density at radius 3 is 1.09 bits per heavy atom. The maximum Gasteiger partial charge on any atom is 0.289 e. The lowest BCUT2D eigenvalue weighted by atomic mass is 9.92. The van der Waals surface area contributed by atoms with E-state index in [2.05, 4.69) is 9.97 Å². The summed E-state index contributed by atoms with van der Waals surface area (Å²) in [6.07, 6.45) is 9.37. The number of hydrogen-bond acceptors (Lipinski definition) is 6. The Hall–Kier alpha value is -5.64. The summed E-state index contributed by atoms with van der Waals surface area (Å²) in [6.45, 7) is 0. The van der Waals surface area contributed by atoms with E-state index < -0.39 is 12.2 Å². The summed E-state index contributed by atoms with van der Waals surface area (Å²) in [4.78, 5) is 37.8. The summed E-state index contributed by atoms with van der Waals surface area (Å²) in [6, 6.07) is 36.6. The molecule has 0 aliphatic carbocycles. The fourth-order valence-corrected chi connectivity index (χ4v) is 7.35. The molecule has 2 aliphatic rings. The Bertz CT molecular complexity index is 2240. The summed E-state index contributed by atoms with van der Waals surface area (Å²) in [5, 5.41) is 2.56. The Morgan fingerprint density at radius 1 is 0.483 bits per heavy atom. The van der Waals surface area contributed by atoms with Crippen LogP contribution in [0.2, 0.25) is 20.1 Å². The van der Waals surface area contributed by atoms with Gasteiger partial charge in [0.15, 0.2) is 11.5 Å². The molecule has 0 spiro atoms. The summed E-state index contributed by atoms with van der Waals surface area (Å²) in [5.41, 5.74) is 5.31. The van der Waals surface area contributed by atoms with Crippen LogP contribution in [-0.4, -0.2) is 45.7 Å². The van der Waals surface area contributed by atoms with E-state index in [0.29, 0.717) is 20.1 Å². The molecular formula is C46H36Cl4N4O4. The minimum atomic E-state index is -0.404. The number of ether oxygens (including phenoxy) is 2. The standard InChI is InChI=1S/2C23H18Cl2N2O2/c2*1-27-21(16-4-8-18(24)9-5-16)22(17-6-10-19(25)11-7-17)29-20(23(27)28)13-15-3-2-12-26-14-15/h2*2-14,21-22H,1H3/b2*20-13-/t2*21?,22-/m10/s1. The lowest BCUT2D eigenvalue weighted by Crippen LogP contribution is -2.42. The predicted octanol–water partition coefficient (Wildman–Crippen LogP) is 11.4. The van der Waals surface area contributed by atoms with Gasteiger partial charge in [-0.25, -0.2) is 0 Å². The van der Waals surface area contributed by atoms with Crippen molar-refractivity contribution in [1.82, 2.24) is 19.8 Å². The summed E-state index contributed by atoms with van der Waals surface area (Å²) < 4.78 is 12.5. The first-order valence-electron chi connectivity index (χ1n) is 18.2. The van der Waals surface area contributed by atoms with Crippen molar-refractivity contribution < 1.29 is 19.1 Å². The van der Waals surface area contributed by atoms with Crippen molar-refractivity contribution in [2.45, 2.75) is 24.3 Å². The van der Waals surface area contributed by atoms with Crippen molar-refractivity contribution in [3.63, 3.8) is 0 Å². The SMILES string of the molecule is CN1C(=O)/C(=C/c2cccnc2)O[C@@H](c2ccc(Cl)cc2)C1c1ccc(Cl)cc1.CN1C(=O)/C(=C/c2cccnc2)O[C@H](c2ccc(Cl)cc2)C1c1ccc(Cl)cc1. The molecule has 292 valence electrons. The average Bonchev–Trinajstić information content (AvgIpc) is 3.24. The van der Waals surface area contributed by atoms with Crippen LogP contribution in [0.4, 0.5) is 0 Å². The number of pyridine rings is 2. The number of carbonyl (C=O) groups is 2. The van der Waals surface area contributed by atoms with E-state index in [0.717, 1.165) is 33.4 Å². The van der Waals surface area contributed by atoms with E-state index in [-0.39, 0.29) is 35.4 Å². The van der Waals surface area contributed by atoms with E-state index >= 15 is 0 Å². The fraction of sp³-hybridized carbons (Fsp3) is 0.130. The van der Waals surface area contributed by atoms with Crippen LogP contribution >= 0.6 is 46.4 Å². The minimum absolute atomic E-state index is 0.195. The molecule has 2 amide bonds. The molecule has 2 aromatic heterocycles. The summed E-state index contributed by atoms with van der Waals surface area (Å²) >= 11 is 24.3. The molecule has 2 aliphatic heterocycles. The topological polar surface area (TPSA) is 84.9 Å². The van der Waals surface area contributed by atoms with E-state index in [4.69, 9.17) is 55.9 Å². The van der Waals surface area contributed by atoms with Gasteiger partial charge in [0, 0.05) is 59.0 Å². The molecule has 2 saturated heterocycles. The first-order valence-corrected chi connectivity index (χ1v) is 19.7. The van der Waals surface area contributed by atoms with Gasteiger partial charge >= 0.3 is 0 Å². The van der Waals surface area contributed by atoms with Gasteiger partial charge in [-0.05, 0) is 106 Å². The van der Waals surface area contributed by atoms with Gasteiger partial charge < -0.3 is 19.3 Å². The highest BCUT2D eigenvalue weighted by atomic mass is 35.5. The molecule has 4 atom stereocenters. The Balaban J connectivity index is 0.000000177. The van der Waals surface area contributed by atoms with Crippen LogP contribution < -0.4 is 0 Å². The van der Waals surface area contributed by atoms with E-state index in [1.54, 1.807) is 60.8 Å². The number of nitrogens with zero attached hydrogens (tertiary/aromatic N) is 4. The summed E-state index contributed by atoms with van der Waals surface area (Å²) in [5.74, 6) is 0.148. The van der Waals surface area contributed by atoms with Crippen LogP contribution in [0.25, 0.3) is 12.2 Å². The second-order valence-electron chi connectivity index (χ2n) is 13.6. The highest BCUT2D eigenvalue weighted by molar-refractivity contribution is 6.31. The van der Waals surface area contributed by atoms with Crippen molar-refractivity contribution in [2.75, 3.05) is 14.1 Å². The molecule has 2 unspecified atom stereocenters. The van der Waals surface area contributed by atoms with E-state index in [1.807, 2.05) is 121 Å². The number of halogens is 4. The van der Waals surface area contributed by atoms with E-state index in [1.165, 1.54) is 0 Å². The molecule has 0 N–H and O–H groups in total. The monoisotopic (exact) mass is 848 g/mol. The molecule has 0 saturated carbocycles. The molecular weight excluding hydrogens is 814 g/mol. The Labute approximate surface area is 356 Å². The second kappa shape index (κ2) is 18.3. The molecule has 4 aromatic carbocycles. The lowest BCUT2D eigenvalue weighted by Gasteiger charge is -2.40. The zero-order valence-electron chi connectivity index (χ0n) is 31.3. The van der Waals surface area contributed by atoms with Crippen LogP contribution in [0, 0.1) is 0 Å². The quantitative estimate of drug-likeness (QED) is 0.155. The number of hydrogen-bond donors (Lipinski definition) is 0. The third kappa shape index (κ3) is 9.38. The van der Waals surface area contributed by atoms with Crippen molar-refractivity contribution in [3.05, 3.63) is 211 Å². The van der Waals surface area contributed by atoms with Crippen molar-refractivity contribution in [3.8, 4) is 0 Å². The Kier molecular flexibility index (Phi) is 12.8. The molecule has 0 bridgehead atoms. The molecule has 0 radical (unpaired) electrons. The molecule has 58 heavy (non-hydrogen) atoms. The van der Waals surface area contributed by atoms with Crippen LogP contribution in [0.3, 0.4) is 0 Å². The van der Waals surface area contributed by atoms with Gasteiger partial charge in [0.1, 0.15) is 12.2 Å². The third-order valence-electron chi connectivity index (χ3n) is 9.76. The fourth-order valence-electron chi connectivity index (χ4n) is 6.85. The van der Waals surface area contributed by atoms with Gasteiger partial charge in [-0.2, -0.15) is 0 Å². The van der Waals surface area contributed by atoms with Gasteiger partial charge in [-0.15, -0.1) is 0 Å². The van der Waals surface area contributed by atoms with Crippen molar-refractivity contribution in [2.24, 2.45) is 0 Å². The first kappa shape index (κ1) is 40.6. The van der Waals surface area contributed by atoms with Crippen molar-refractivity contribution in [1.29, 1.82) is 0 Å².